The van der Waals surface area contributed by atoms with Gasteiger partial charge in [-0.15, -0.1) is 0 Å². The van der Waals surface area contributed by atoms with Crippen LogP contribution >= 0.6 is 0 Å². The van der Waals surface area contributed by atoms with Gasteiger partial charge in [0.2, 0.25) is 0 Å². The van der Waals surface area contributed by atoms with Crippen LogP contribution in [0.2, 0.25) is 0 Å². The van der Waals surface area contributed by atoms with Crippen molar-refractivity contribution < 1.29 is 0 Å². The minimum Gasteiger partial charge on any atom is -0.247 e. The van der Waals surface area contributed by atoms with E-state index < -0.39 is 0 Å². The summed E-state index contributed by atoms with van der Waals surface area (Å²) in [4.78, 5) is 20.3. The Morgan fingerprint density at radius 1 is 0.674 bits per heavy atom. The zero-order chi connectivity index (χ0) is 31.0. The van der Waals surface area contributed by atoms with Crippen LogP contribution < -0.4 is 0 Å². The van der Waals surface area contributed by atoms with Gasteiger partial charge in [-0.2, -0.15) is 0 Å². The summed E-state index contributed by atoms with van der Waals surface area (Å²) in [6.07, 6.45) is 30.5. The first kappa shape index (κ1) is 28.0. The fourth-order valence-corrected chi connectivity index (χ4v) is 6.95. The van der Waals surface area contributed by atoms with Crippen molar-refractivity contribution >= 4 is 17.7 Å². The van der Waals surface area contributed by atoms with Gasteiger partial charge in [0, 0.05) is 39.7 Å². The second-order valence-electron chi connectivity index (χ2n) is 12.1. The van der Waals surface area contributed by atoms with Gasteiger partial charge in [0.1, 0.15) is 0 Å². The Labute approximate surface area is 270 Å². The van der Waals surface area contributed by atoms with Crippen molar-refractivity contribution in [2.24, 2.45) is 11.8 Å². The van der Waals surface area contributed by atoms with E-state index >= 15 is 0 Å². The highest BCUT2D eigenvalue weighted by Crippen LogP contribution is 2.43. The topological polar surface area (TPSA) is 51.6 Å². The lowest BCUT2D eigenvalue weighted by atomic mass is 9.74. The second-order valence-corrected chi connectivity index (χ2v) is 12.1. The maximum atomic E-state index is 5.42. The van der Waals surface area contributed by atoms with E-state index in [0.717, 1.165) is 46.5 Å². The fraction of sp³-hybridized carbons (Fsp3) is 0.143. The third-order valence-corrected chi connectivity index (χ3v) is 9.27. The predicted molar refractivity (Wildman–Crippen MR) is 189 cm³/mol. The van der Waals surface area contributed by atoms with Gasteiger partial charge in [-0.25, -0.2) is 19.9 Å². The molecule has 2 unspecified atom stereocenters. The Hall–Kier alpha value is -5.48. The molecular formula is C42H34N4. The van der Waals surface area contributed by atoms with Crippen LogP contribution in [0.3, 0.4) is 0 Å². The number of hydrogen-bond acceptors (Lipinski definition) is 4. The van der Waals surface area contributed by atoms with E-state index in [-0.39, 0.29) is 0 Å². The van der Waals surface area contributed by atoms with Crippen LogP contribution in [0.5, 0.6) is 0 Å². The van der Waals surface area contributed by atoms with E-state index in [2.05, 4.69) is 85.0 Å². The molecule has 0 amide bonds. The molecule has 0 aliphatic heterocycles. The molecule has 0 saturated heterocycles. The van der Waals surface area contributed by atoms with Gasteiger partial charge < -0.3 is 0 Å². The van der Waals surface area contributed by atoms with Crippen LogP contribution in [0, 0.1) is 11.8 Å². The molecule has 2 aromatic carbocycles. The minimum absolute atomic E-state index is 0.397. The van der Waals surface area contributed by atoms with Gasteiger partial charge in [-0.05, 0) is 67.2 Å². The van der Waals surface area contributed by atoms with E-state index in [0.29, 0.717) is 29.3 Å². The Kier molecular flexibility index (Phi) is 7.18. The molecular weight excluding hydrogens is 560 g/mol. The first-order valence-electron chi connectivity index (χ1n) is 16.1. The molecule has 4 aliphatic rings. The highest BCUT2D eigenvalue weighted by atomic mass is 15.0. The Balaban J connectivity index is 1.30. The first-order chi connectivity index (χ1) is 22.7. The lowest BCUT2D eigenvalue weighted by Crippen LogP contribution is -2.20. The van der Waals surface area contributed by atoms with Gasteiger partial charge in [0.05, 0.1) is 11.4 Å². The number of aromatic nitrogens is 4. The van der Waals surface area contributed by atoms with E-state index in [4.69, 9.17) is 19.9 Å². The summed E-state index contributed by atoms with van der Waals surface area (Å²) >= 11 is 0. The normalized spacial score (nSPS) is 19.3. The molecule has 4 aliphatic carbocycles. The van der Waals surface area contributed by atoms with Crippen molar-refractivity contribution in [1.82, 2.24) is 19.9 Å². The van der Waals surface area contributed by atoms with Gasteiger partial charge >= 0.3 is 0 Å². The molecule has 222 valence electrons. The molecule has 0 saturated carbocycles. The molecule has 4 aromatic rings. The zero-order valence-corrected chi connectivity index (χ0v) is 26.1. The average Bonchev–Trinajstić information content (AvgIpc) is 3.12. The number of nitrogens with zero attached hydrogens (tertiary/aromatic N) is 4. The predicted octanol–water partition coefficient (Wildman–Crippen LogP) is 9.61. The summed E-state index contributed by atoms with van der Waals surface area (Å²) in [5.74, 6) is 2.76. The number of hydrogen-bond donors (Lipinski definition) is 0. The van der Waals surface area contributed by atoms with Crippen molar-refractivity contribution in [2.45, 2.75) is 26.7 Å². The van der Waals surface area contributed by atoms with Gasteiger partial charge in [0.15, 0.2) is 17.5 Å². The van der Waals surface area contributed by atoms with Crippen LogP contribution in [0.15, 0.2) is 133 Å². The van der Waals surface area contributed by atoms with Crippen LogP contribution in [0.4, 0.5) is 0 Å². The quantitative estimate of drug-likeness (QED) is 0.216. The lowest BCUT2D eigenvalue weighted by molar-refractivity contribution is 0.707. The van der Waals surface area contributed by atoms with Crippen LogP contribution in [-0.4, -0.2) is 19.9 Å². The molecule has 4 nitrogen and oxygen atoms in total. The van der Waals surface area contributed by atoms with Crippen molar-refractivity contribution in [3.63, 3.8) is 0 Å². The lowest BCUT2D eigenvalue weighted by Gasteiger charge is -2.31. The largest absolute Gasteiger partial charge is 0.247 e. The van der Waals surface area contributed by atoms with E-state index in [1.165, 1.54) is 27.8 Å². The molecule has 0 radical (unpaired) electrons. The molecule has 0 N–H and O–H groups in total. The average molecular weight is 595 g/mol. The van der Waals surface area contributed by atoms with Gasteiger partial charge in [-0.3, -0.25) is 0 Å². The van der Waals surface area contributed by atoms with E-state index in [1.807, 2.05) is 62.4 Å². The third kappa shape index (κ3) is 5.06. The van der Waals surface area contributed by atoms with Gasteiger partial charge in [0.25, 0.3) is 0 Å². The maximum absolute atomic E-state index is 5.42. The Morgan fingerprint density at radius 3 is 2.09 bits per heavy atom. The minimum atomic E-state index is 0.397. The summed E-state index contributed by atoms with van der Waals surface area (Å²) in [6.45, 7) is 4.02. The third-order valence-electron chi connectivity index (χ3n) is 9.27. The molecule has 2 aromatic heterocycles. The van der Waals surface area contributed by atoms with Crippen LogP contribution in [0.1, 0.15) is 42.1 Å². The molecule has 46 heavy (non-hydrogen) atoms. The molecule has 2 heterocycles. The van der Waals surface area contributed by atoms with Crippen molar-refractivity contribution in [3.05, 3.63) is 161 Å². The molecule has 4 heteroatoms. The number of pyridine rings is 1. The standard InChI is InChI=1S/C42H34N4/c1-3-13-27(4-2)40-44-41(28-14-6-5-7-15-28)46-42(45-40)34-21-12-20-33(22-34)39-37-25-31-18-9-8-16-29(31)23-35(37)36-24-30-17-10-11-19-32(30)26-38(36)43-39/h3-22,25-26,29-30H,23-24H2,1-2H3/b13-3-,27-4+. The van der Waals surface area contributed by atoms with Crippen LogP contribution in [-0.2, 0) is 12.8 Å². The Morgan fingerprint density at radius 2 is 1.35 bits per heavy atom. The summed E-state index contributed by atoms with van der Waals surface area (Å²) in [5.41, 5.74) is 12.7. The van der Waals surface area contributed by atoms with Gasteiger partial charge in [-0.1, -0.05) is 115 Å². The van der Waals surface area contributed by atoms with E-state index in [1.54, 1.807) is 0 Å². The summed E-state index contributed by atoms with van der Waals surface area (Å²) in [6, 6.07) is 18.7. The van der Waals surface area contributed by atoms with Crippen molar-refractivity contribution in [2.75, 3.05) is 0 Å². The number of rotatable bonds is 5. The monoisotopic (exact) mass is 594 g/mol. The smallest absolute Gasteiger partial charge is 0.164 e. The summed E-state index contributed by atoms with van der Waals surface area (Å²) in [5, 5.41) is 0. The summed E-state index contributed by atoms with van der Waals surface area (Å²) in [7, 11) is 0. The zero-order valence-electron chi connectivity index (χ0n) is 26.1. The van der Waals surface area contributed by atoms with Crippen LogP contribution in [0.25, 0.3) is 51.8 Å². The molecule has 0 spiro atoms. The molecule has 0 bridgehead atoms. The fourth-order valence-electron chi connectivity index (χ4n) is 6.95. The highest BCUT2D eigenvalue weighted by Gasteiger charge is 2.30. The first-order valence-corrected chi connectivity index (χ1v) is 16.1. The van der Waals surface area contributed by atoms with Crippen molar-refractivity contribution in [1.29, 1.82) is 0 Å². The second kappa shape index (κ2) is 11.8. The molecule has 2 atom stereocenters. The molecule has 0 fully saturated rings. The van der Waals surface area contributed by atoms with Crippen molar-refractivity contribution in [3.8, 4) is 34.0 Å². The molecule has 8 rings (SSSR count). The highest BCUT2D eigenvalue weighted by molar-refractivity contribution is 5.83. The summed E-state index contributed by atoms with van der Waals surface area (Å²) < 4.78 is 0. The SMILES string of the molecule is C/C=C\C(=C/C)c1nc(-c2ccccc2)nc(-c2cccc(-c3nc4c(c5c3C=C3C=CC=CC3C5)CC3C=CC=CC3=C4)c2)n1. The number of benzene rings is 2. The maximum Gasteiger partial charge on any atom is 0.164 e. The Bertz CT molecular complexity index is 2120. The number of allylic oxidation sites excluding steroid dienone is 14. The number of fused-ring (bicyclic) bond motifs is 5. The van der Waals surface area contributed by atoms with E-state index in [9.17, 15) is 0 Å².